The van der Waals surface area contributed by atoms with Crippen molar-refractivity contribution in [3.8, 4) is 0 Å². The summed E-state index contributed by atoms with van der Waals surface area (Å²) < 4.78 is 5.42. The van der Waals surface area contributed by atoms with E-state index in [1.54, 1.807) is 11.0 Å². The van der Waals surface area contributed by atoms with Gasteiger partial charge in [0.1, 0.15) is 0 Å². The highest BCUT2D eigenvalue weighted by Crippen LogP contribution is 2.13. The first-order chi connectivity index (χ1) is 5.84. The molecule has 1 aromatic rings. The van der Waals surface area contributed by atoms with Crippen molar-refractivity contribution < 1.29 is 4.74 Å². The number of aromatic nitrogens is 3. The Balaban J connectivity index is 1.94. The van der Waals surface area contributed by atoms with Crippen molar-refractivity contribution in [1.29, 1.82) is 0 Å². The molecule has 1 unspecified atom stereocenters. The molecule has 1 atom stereocenters. The average Bonchev–Trinajstić information content (AvgIpc) is 2.63. The van der Waals surface area contributed by atoms with Crippen LogP contribution in [0.3, 0.4) is 0 Å². The Morgan fingerprint density at radius 3 is 3.25 bits per heavy atom. The van der Waals surface area contributed by atoms with E-state index in [0.717, 1.165) is 26.0 Å². The molecule has 1 aliphatic rings. The van der Waals surface area contributed by atoms with E-state index in [1.807, 2.05) is 0 Å². The fraction of sp³-hybridized carbons (Fsp3) is 0.714. The molecule has 0 bridgehead atoms. The van der Waals surface area contributed by atoms with Gasteiger partial charge in [-0.1, -0.05) is 0 Å². The Kier molecular flexibility index (Phi) is 1.95. The number of hydrogen-bond acceptors (Lipinski definition) is 4. The number of hydrogen-bond donors (Lipinski definition) is 1. The highest BCUT2D eigenvalue weighted by atomic mass is 16.5. The zero-order valence-corrected chi connectivity index (χ0v) is 6.81. The maximum atomic E-state index is 5.42. The third-order valence-electron chi connectivity index (χ3n) is 1.95. The van der Waals surface area contributed by atoms with Gasteiger partial charge in [-0.3, -0.25) is 0 Å². The molecule has 5 heteroatoms. The first-order valence-corrected chi connectivity index (χ1v) is 4.12. The highest BCUT2D eigenvalue weighted by molar-refractivity contribution is 5.19. The number of nitrogens with two attached hydrogens (primary N) is 1. The lowest BCUT2D eigenvalue weighted by Gasteiger charge is -2.06. The van der Waals surface area contributed by atoms with Crippen LogP contribution in [0.25, 0.3) is 0 Å². The van der Waals surface area contributed by atoms with Crippen LogP contribution in [0.2, 0.25) is 0 Å². The summed E-state index contributed by atoms with van der Waals surface area (Å²) in [5, 5.41) is 7.96. The fourth-order valence-electron chi connectivity index (χ4n) is 1.37. The minimum atomic E-state index is 0.275. The van der Waals surface area contributed by atoms with Crippen LogP contribution in [0.1, 0.15) is 12.8 Å². The Bertz CT molecular complexity index is 254. The van der Waals surface area contributed by atoms with Crippen LogP contribution in [0.15, 0.2) is 6.20 Å². The third kappa shape index (κ3) is 1.55. The van der Waals surface area contributed by atoms with Crippen LogP contribution in [0.4, 0.5) is 5.82 Å². The van der Waals surface area contributed by atoms with E-state index in [1.165, 1.54) is 0 Å². The lowest BCUT2D eigenvalue weighted by atomic mass is 10.2. The van der Waals surface area contributed by atoms with Crippen molar-refractivity contribution in [2.45, 2.75) is 25.5 Å². The molecule has 1 saturated heterocycles. The molecule has 0 amide bonds. The van der Waals surface area contributed by atoms with Gasteiger partial charge >= 0.3 is 0 Å². The van der Waals surface area contributed by atoms with Crippen molar-refractivity contribution in [3.63, 3.8) is 0 Å². The summed E-state index contributed by atoms with van der Waals surface area (Å²) >= 11 is 0. The molecule has 2 N–H and O–H groups in total. The molecule has 2 rings (SSSR count). The molecule has 1 fully saturated rings. The van der Waals surface area contributed by atoms with Crippen molar-refractivity contribution in [2.75, 3.05) is 12.3 Å². The summed E-state index contributed by atoms with van der Waals surface area (Å²) in [7, 11) is 0. The SMILES string of the molecule is Nc1cnn(CC2CCCO2)n1. The summed E-state index contributed by atoms with van der Waals surface area (Å²) in [6.07, 6.45) is 4.06. The number of rotatable bonds is 2. The zero-order chi connectivity index (χ0) is 8.39. The Morgan fingerprint density at radius 2 is 2.67 bits per heavy atom. The lowest BCUT2D eigenvalue weighted by Crippen LogP contribution is -2.17. The second-order valence-electron chi connectivity index (χ2n) is 2.96. The largest absolute Gasteiger partial charge is 0.381 e. The summed E-state index contributed by atoms with van der Waals surface area (Å²) in [5.74, 6) is 0.466. The maximum absolute atomic E-state index is 5.42. The molecule has 0 spiro atoms. The first kappa shape index (κ1) is 7.54. The van der Waals surface area contributed by atoms with Crippen molar-refractivity contribution in [1.82, 2.24) is 15.0 Å². The number of nitrogens with zero attached hydrogens (tertiary/aromatic N) is 3. The van der Waals surface area contributed by atoms with Crippen molar-refractivity contribution in [2.24, 2.45) is 0 Å². The van der Waals surface area contributed by atoms with E-state index < -0.39 is 0 Å². The van der Waals surface area contributed by atoms with Crippen molar-refractivity contribution in [3.05, 3.63) is 6.20 Å². The summed E-state index contributed by atoms with van der Waals surface area (Å²) in [5.41, 5.74) is 5.42. The van der Waals surface area contributed by atoms with Gasteiger partial charge in [0.05, 0.1) is 18.8 Å². The average molecular weight is 168 g/mol. The molecule has 2 heterocycles. The molecule has 1 aliphatic heterocycles. The topological polar surface area (TPSA) is 66.0 Å². The number of ether oxygens (including phenoxy) is 1. The molecule has 0 aliphatic carbocycles. The van der Waals surface area contributed by atoms with Gasteiger partial charge in [0.2, 0.25) is 0 Å². The quantitative estimate of drug-likeness (QED) is 0.677. The molecule has 0 saturated carbocycles. The van der Waals surface area contributed by atoms with Gasteiger partial charge < -0.3 is 10.5 Å². The molecule has 1 aromatic heterocycles. The minimum Gasteiger partial charge on any atom is -0.381 e. The van der Waals surface area contributed by atoms with Gasteiger partial charge in [-0.15, -0.1) is 5.10 Å². The van der Waals surface area contributed by atoms with Gasteiger partial charge in [-0.05, 0) is 12.8 Å². The predicted molar refractivity (Wildman–Crippen MR) is 43.4 cm³/mol. The first-order valence-electron chi connectivity index (χ1n) is 4.12. The molecule has 5 nitrogen and oxygen atoms in total. The highest BCUT2D eigenvalue weighted by Gasteiger charge is 2.16. The van der Waals surface area contributed by atoms with E-state index in [0.29, 0.717) is 5.82 Å². The Morgan fingerprint density at radius 1 is 1.75 bits per heavy atom. The van der Waals surface area contributed by atoms with Crippen LogP contribution < -0.4 is 5.73 Å². The van der Waals surface area contributed by atoms with Crippen molar-refractivity contribution >= 4 is 5.82 Å². The molecular weight excluding hydrogens is 156 g/mol. The van der Waals surface area contributed by atoms with E-state index >= 15 is 0 Å². The van der Waals surface area contributed by atoms with Gasteiger partial charge in [0, 0.05) is 6.61 Å². The van der Waals surface area contributed by atoms with Crippen LogP contribution in [-0.4, -0.2) is 27.7 Å². The number of nitrogen functional groups attached to an aromatic ring is 1. The normalized spacial score (nSPS) is 23.2. The monoisotopic (exact) mass is 168 g/mol. The fourth-order valence-corrected chi connectivity index (χ4v) is 1.37. The summed E-state index contributed by atoms with van der Waals surface area (Å²) in [4.78, 5) is 1.59. The smallest absolute Gasteiger partial charge is 0.165 e. The molecule has 0 aromatic carbocycles. The summed E-state index contributed by atoms with van der Waals surface area (Å²) in [6, 6.07) is 0. The van der Waals surface area contributed by atoms with Crippen LogP contribution in [-0.2, 0) is 11.3 Å². The standard InChI is InChI=1S/C7H12N4O/c8-7-4-9-11(10-7)5-6-2-1-3-12-6/h4,6H,1-3,5H2,(H2,8,10). The van der Waals surface area contributed by atoms with Gasteiger partial charge in [-0.25, -0.2) is 0 Å². The number of anilines is 1. The minimum absolute atomic E-state index is 0.275. The maximum Gasteiger partial charge on any atom is 0.165 e. The molecule has 0 radical (unpaired) electrons. The third-order valence-corrected chi connectivity index (χ3v) is 1.95. The Hall–Kier alpha value is -1.10. The van der Waals surface area contributed by atoms with E-state index in [4.69, 9.17) is 10.5 Å². The second-order valence-corrected chi connectivity index (χ2v) is 2.96. The predicted octanol–water partition coefficient (Wildman–Crippen LogP) is 0.0393. The Labute approximate surface area is 70.5 Å². The molecule has 12 heavy (non-hydrogen) atoms. The van der Waals surface area contributed by atoms with Crippen LogP contribution in [0, 0.1) is 0 Å². The zero-order valence-electron chi connectivity index (χ0n) is 6.81. The van der Waals surface area contributed by atoms with E-state index in [9.17, 15) is 0 Å². The molecule has 66 valence electrons. The summed E-state index contributed by atoms with van der Waals surface area (Å²) in [6.45, 7) is 1.58. The molecular formula is C7H12N4O. The van der Waals surface area contributed by atoms with Crippen LogP contribution >= 0.6 is 0 Å². The second kappa shape index (κ2) is 3.10. The van der Waals surface area contributed by atoms with E-state index in [2.05, 4.69) is 10.2 Å². The van der Waals surface area contributed by atoms with Crippen LogP contribution in [0.5, 0.6) is 0 Å². The lowest BCUT2D eigenvalue weighted by molar-refractivity contribution is 0.0903. The van der Waals surface area contributed by atoms with Gasteiger partial charge in [-0.2, -0.15) is 9.90 Å². The van der Waals surface area contributed by atoms with E-state index in [-0.39, 0.29) is 6.10 Å². The van der Waals surface area contributed by atoms with Gasteiger partial charge in [0.15, 0.2) is 5.82 Å². The van der Waals surface area contributed by atoms with Gasteiger partial charge in [0.25, 0.3) is 0 Å².